The van der Waals surface area contributed by atoms with Gasteiger partial charge in [0.05, 0.1) is 13.2 Å². The second kappa shape index (κ2) is 8.59. The average Bonchev–Trinajstić information content (AvgIpc) is 2.72. The molecule has 130 valence electrons. The Morgan fingerprint density at radius 3 is 2.31 bits per heavy atom. The zero-order valence-electron chi connectivity index (χ0n) is 14.6. The third-order valence-corrected chi connectivity index (χ3v) is 4.00. The van der Waals surface area contributed by atoms with E-state index in [0.717, 1.165) is 22.6 Å². The number of nitrogens with one attached hydrogen (secondary N) is 1. The molecule has 0 saturated carbocycles. The topological polar surface area (TPSA) is 54.3 Å². The van der Waals surface area contributed by atoms with Crippen LogP contribution in [0.25, 0.3) is 0 Å². The zero-order chi connectivity index (χ0) is 18.2. The molecule has 1 atom stereocenters. The van der Waals surface area contributed by atoms with Crippen molar-refractivity contribution in [2.75, 3.05) is 12.4 Å². The molecule has 0 bridgehead atoms. The summed E-state index contributed by atoms with van der Waals surface area (Å²) >= 11 is 0. The molecule has 0 aliphatic heterocycles. The van der Waals surface area contributed by atoms with Gasteiger partial charge in [0.15, 0.2) is 0 Å². The molecule has 1 N–H and O–H groups in total. The third kappa shape index (κ3) is 4.34. The van der Waals surface area contributed by atoms with Crippen molar-refractivity contribution in [2.24, 2.45) is 0 Å². The van der Waals surface area contributed by atoms with E-state index in [1.54, 1.807) is 7.11 Å². The molecule has 0 saturated heterocycles. The van der Waals surface area contributed by atoms with Gasteiger partial charge in [-0.1, -0.05) is 48.5 Å². The molecule has 4 heteroatoms. The van der Waals surface area contributed by atoms with Gasteiger partial charge in [-0.2, -0.15) is 5.26 Å². The van der Waals surface area contributed by atoms with E-state index in [0.29, 0.717) is 12.4 Å². The van der Waals surface area contributed by atoms with Crippen molar-refractivity contribution < 1.29 is 9.47 Å². The lowest BCUT2D eigenvalue weighted by molar-refractivity contribution is 0.302. The van der Waals surface area contributed by atoms with Crippen molar-refractivity contribution in [1.29, 1.82) is 5.26 Å². The van der Waals surface area contributed by atoms with Crippen LogP contribution in [-0.4, -0.2) is 7.11 Å². The molecule has 4 nitrogen and oxygen atoms in total. The molecular formula is C22H20N2O2. The fourth-order valence-electron chi connectivity index (χ4n) is 2.62. The van der Waals surface area contributed by atoms with Crippen LogP contribution in [0.1, 0.15) is 17.2 Å². The summed E-state index contributed by atoms with van der Waals surface area (Å²) in [6.45, 7) is 0.457. The molecular weight excluding hydrogens is 324 g/mol. The van der Waals surface area contributed by atoms with Crippen LogP contribution in [0.15, 0.2) is 78.9 Å². The first-order chi connectivity index (χ1) is 12.8. The molecule has 0 fully saturated rings. The van der Waals surface area contributed by atoms with E-state index in [4.69, 9.17) is 9.47 Å². The summed E-state index contributed by atoms with van der Waals surface area (Å²) < 4.78 is 11.1. The predicted octanol–water partition coefficient (Wildman–Crippen LogP) is 4.95. The minimum Gasteiger partial charge on any atom is -0.497 e. The van der Waals surface area contributed by atoms with Crippen LogP contribution >= 0.6 is 0 Å². The number of ether oxygens (including phenoxy) is 2. The van der Waals surface area contributed by atoms with Crippen LogP contribution in [0, 0.1) is 11.3 Å². The highest BCUT2D eigenvalue weighted by atomic mass is 16.5. The van der Waals surface area contributed by atoms with E-state index in [9.17, 15) is 5.26 Å². The van der Waals surface area contributed by atoms with Crippen molar-refractivity contribution in [1.82, 2.24) is 0 Å². The highest BCUT2D eigenvalue weighted by molar-refractivity contribution is 5.52. The molecule has 0 aliphatic rings. The van der Waals surface area contributed by atoms with Crippen molar-refractivity contribution in [3.8, 4) is 17.6 Å². The van der Waals surface area contributed by atoms with Crippen LogP contribution in [0.4, 0.5) is 5.69 Å². The van der Waals surface area contributed by atoms with Gasteiger partial charge in [0.2, 0.25) is 0 Å². The third-order valence-electron chi connectivity index (χ3n) is 4.00. The number of hydrogen-bond acceptors (Lipinski definition) is 4. The number of para-hydroxylation sites is 1. The second-order valence-electron chi connectivity index (χ2n) is 5.75. The Hall–Kier alpha value is -3.45. The van der Waals surface area contributed by atoms with Gasteiger partial charge >= 0.3 is 0 Å². The van der Waals surface area contributed by atoms with Gasteiger partial charge < -0.3 is 14.8 Å². The van der Waals surface area contributed by atoms with E-state index in [-0.39, 0.29) is 0 Å². The molecule has 3 aromatic carbocycles. The number of nitriles is 1. The lowest BCUT2D eigenvalue weighted by atomic mass is 10.1. The summed E-state index contributed by atoms with van der Waals surface area (Å²) in [5.41, 5.74) is 2.73. The van der Waals surface area contributed by atoms with Crippen molar-refractivity contribution in [3.05, 3.63) is 90.0 Å². The Labute approximate surface area is 153 Å². The fraction of sp³-hybridized carbons (Fsp3) is 0.136. The second-order valence-corrected chi connectivity index (χ2v) is 5.75. The van der Waals surface area contributed by atoms with Gasteiger partial charge in [-0.05, 0) is 35.9 Å². The first kappa shape index (κ1) is 17.4. The first-order valence-corrected chi connectivity index (χ1v) is 8.36. The molecule has 3 rings (SSSR count). The number of nitrogens with zero attached hydrogens (tertiary/aromatic N) is 1. The molecule has 0 unspecified atom stereocenters. The molecule has 26 heavy (non-hydrogen) atoms. The Bertz CT molecular complexity index is 871. The monoisotopic (exact) mass is 344 g/mol. The maximum Gasteiger partial charge on any atom is 0.143 e. The summed E-state index contributed by atoms with van der Waals surface area (Å²) in [5.74, 6) is 1.47. The van der Waals surface area contributed by atoms with E-state index in [1.807, 2.05) is 78.9 Å². The Morgan fingerprint density at radius 1 is 0.923 bits per heavy atom. The quantitative estimate of drug-likeness (QED) is 0.659. The van der Waals surface area contributed by atoms with Crippen molar-refractivity contribution in [3.63, 3.8) is 0 Å². The highest BCUT2D eigenvalue weighted by Crippen LogP contribution is 2.29. The van der Waals surface area contributed by atoms with Crippen LogP contribution in [0.3, 0.4) is 0 Å². The average molecular weight is 344 g/mol. The maximum absolute atomic E-state index is 9.66. The molecule has 0 aliphatic carbocycles. The number of rotatable bonds is 7. The summed E-state index contributed by atoms with van der Waals surface area (Å²) in [6.07, 6.45) is 0. The van der Waals surface area contributed by atoms with Gasteiger partial charge in [-0.25, -0.2) is 0 Å². The van der Waals surface area contributed by atoms with Gasteiger partial charge in [0.25, 0.3) is 0 Å². The first-order valence-electron chi connectivity index (χ1n) is 8.36. The van der Waals surface area contributed by atoms with Crippen LogP contribution in [-0.2, 0) is 6.61 Å². The summed E-state index contributed by atoms with van der Waals surface area (Å²) in [7, 11) is 1.63. The zero-order valence-corrected chi connectivity index (χ0v) is 14.6. The molecule has 0 heterocycles. The van der Waals surface area contributed by atoms with E-state index >= 15 is 0 Å². The maximum atomic E-state index is 9.66. The number of methoxy groups -OCH3 is 1. The van der Waals surface area contributed by atoms with E-state index in [1.165, 1.54) is 0 Å². The Morgan fingerprint density at radius 2 is 1.62 bits per heavy atom. The number of hydrogen-bond donors (Lipinski definition) is 1. The Kier molecular flexibility index (Phi) is 5.74. The SMILES string of the molecule is COc1ccc(N[C@@H](C#N)c2ccccc2OCc2ccccc2)cc1. The van der Waals surface area contributed by atoms with Gasteiger partial charge in [-0.15, -0.1) is 0 Å². The Balaban J connectivity index is 1.76. The van der Waals surface area contributed by atoms with Crippen LogP contribution in [0.5, 0.6) is 11.5 Å². The lowest BCUT2D eigenvalue weighted by Crippen LogP contribution is -2.10. The predicted molar refractivity (Wildman–Crippen MR) is 102 cm³/mol. The fourth-order valence-corrected chi connectivity index (χ4v) is 2.62. The van der Waals surface area contributed by atoms with Crippen LogP contribution < -0.4 is 14.8 Å². The lowest BCUT2D eigenvalue weighted by Gasteiger charge is -2.17. The molecule has 0 amide bonds. The summed E-state index contributed by atoms with van der Waals surface area (Å²) in [4.78, 5) is 0. The minimum absolute atomic E-state index is 0.457. The van der Waals surface area contributed by atoms with Crippen molar-refractivity contribution >= 4 is 5.69 Å². The normalized spacial score (nSPS) is 11.2. The van der Waals surface area contributed by atoms with Gasteiger partial charge in [0, 0.05) is 11.3 Å². The summed E-state index contributed by atoms with van der Waals surface area (Å²) in [6, 6.07) is 26.8. The smallest absolute Gasteiger partial charge is 0.143 e. The van der Waals surface area contributed by atoms with E-state index in [2.05, 4.69) is 11.4 Å². The summed E-state index contributed by atoms with van der Waals surface area (Å²) in [5, 5.41) is 12.9. The molecule has 3 aromatic rings. The van der Waals surface area contributed by atoms with Crippen LogP contribution in [0.2, 0.25) is 0 Å². The van der Waals surface area contributed by atoms with Crippen molar-refractivity contribution in [2.45, 2.75) is 12.6 Å². The van der Waals surface area contributed by atoms with E-state index < -0.39 is 6.04 Å². The van der Waals surface area contributed by atoms with Gasteiger partial charge in [0.1, 0.15) is 24.1 Å². The largest absolute Gasteiger partial charge is 0.497 e. The standard InChI is InChI=1S/C22H20N2O2/c1-25-19-13-11-18(12-14-19)24-21(15-23)20-9-5-6-10-22(20)26-16-17-7-3-2-4-8-17/h2-14,21,24H,16H2,1H3/t21-/m0/s1. The highest BCUT2D eigenvalue weighted by Gasteiger charge is 2.15. The van der Waals surface area contributed by atoms with Gasteiger partial charge in [-0.3, -0.25) is 0 Å². The number of anilines is 1. The molecule has 0 spiro atoms. The minimum atomic E-state index is -0.518. The molecule has 0 radical (unpaired) electrons. The molecule has 0 aromatic heterocycles. The number of benzene rings is 3.